The molecule has 0 aliphatic heterocycles. The second-order valence-corrected chi connectivity index (χ2v) is 5.35. The van der Waals surface area contributed by atoms with Crippen molar-refractivity contribution in [3.63, 3.8) is 0 Å². The van der Waals surface area contributed by atoms with Crippen molar-refractivity contribution < 1.29 is 9.90 Å². The Kier molecular flexibility index (Phi) is 5.15. The third kappa shape index (κ3) is 3.54. The number of hydrogen-bond donors (Lipinski definition) is 2. The zero-order valence-electron chi connectivity index (χ0n) is 10.3. The Morgan fingerprint density at radius 2 is 2.06 bits per heavy atom. The summed E-state index contributed by atoms with van der Waals surface area (Å²) >= 11 is 3.41. The van der Waals surface area contributed by atoms with E-state index in [1.54, 1.807) is 7.05 Å². The minimum atomic E-state index is -0.765. The Balaban J connectivity index is 3.08. The lowest BCUT2D eigenvalue weighted by molar-refractivity contribution is -0.144. The molecule has 4 heteroatoms. The van der Waals surface area contributed by atoms with Gasteiger partial charge in [0.2, 0.25) is 0 Å². The van der Waals surface area contributed by atoms with Crippen LogP contribution in [0.5, 0.6) is 0 Å². The van der Waals surface area contributed by atoms with Crippen LogP contribution in [0.4, 0.5) is 0 Å². The van der Waals surface area contributed by atoms with Crippen molar-refractivity contribution in [3.8, 4) is 0 Å². The van der Waals surface area contributed by atoms with Crippen LogP contribution >= 0.6 is 15.9 Å². The lowest BCUT2D eigenvalue weighted by Gasteiger charge is -2.27. The Morgan fingerprint density at radius 1 is 1.41 bits per heavy atom. The normalized spacial score (nSPS) is 14.6. The quantitative estimate of drug-likeness (QED) is 0.878. The zero-order valence-corrected chi connectivity index (χ0v) is 11.9. The molecule has 1 rings (SSSR count). The van der Waals surface area contributed by atoms with Crippen molar-refractivity contribution in [3.05, 3.63) is 34.3 Å². The van der Waals surface area contributed by atoms with Gasteiger partial charge in [0, 0.05) is 10.5 Å². The van der Waals surface area contributed by atoms with Crippen LogP contribution in [0.3, 0.4) is 0 Å². The summed E-state index contributed by atoms with van der Waals surface area (Å²) in [5.41, 5.74) is 0.989. The molecular weight excluding hydrogens is 282 g/mol. The fraction of sp³-hybridized carbons (Fsp3) is 0.462. The smallest absolute Gasteiger partial charge is 0.308 e. The fourth-order valence-corrected chi connectivity index (χ4v) is 2.48. The molecule has 2 unspecified atom stereocenters. The lowest BCUT2D eigenvalue weighted by Crippen LogP contribution is -2.34. The molecule has 17 heavy (non-hydrogen) atoms. The van der Waals surface area contributed by atoms with Crippen molar-refractivity contribution >= 4 is 21.9 Å². The first-order valence-corrected chi connectivity index (χ1v) is 6.42. The Hall–Kier alpha value is -0.870. The topological polar surface area (TPSA) is 49.3 Å². The second-order valence-electron chi connectivity index (χ2n) is 4.43. The van der Waals surface area contributed by atoms with Gasteiger partial charge in [0.1, 0.15) is 0 Å². The summed E-state index contributed by atoms with van der Waals surface area (Å²) in [6.45, 7) is 3.86. The van der Waals surface area contributed by atoms with Gasteiger partial charge >= 0.3 is 5.97 Å². The molecule has 0 fully saturated rings. The summed E-state index contributed by atoms with van der Waals surface area (Å²) in [6.07, 6.45) is 0. The molecule has 2 N–H and O–H groups in total. The largest absolute Gasteiger partial charge is 0.481 e. The van der Waals surface area contributed by atoms with Gasteiger partial charge in [0.25, 0.3) is 0 Å². The van der Waals surface area contributed by atoms with Gasteiger partial charge in [-0.2, -0.15) is 0 Å². The molecule has 0 amide bonds. The van der Waals surface area contributed by atoms with Gasteiger partial charge in [-0.1, -0.05) is 41.9 Å². The van der Waals surface area contributed by atoms with Crippen LogP contribution in [0.2, 0.25) is 0 Å². The Labute approximate surface area is 110 Å². The van der Waals surface area contributed by atoms with E-state index in [1.807, 2.05) is 38.1 Å². The first-order chi connectivity index (χ1) is 7.97. The average Bonchev–Trinajstić information content (AvgIpc) is 2.24. The van der Waals surface area contributed by atoms with E-state index in [2.05, 4.69) is 21.2 Å². The summed E-state index contributed by atoms with van der Waals surface area (Å²) in [6, 6.07) is 7.58. The van der Waals surface area contributed by atoms with Crippen molar-refractivity contribution in [2.75, 3.05) is 7.05 Å². The molecule has 0 spiro atoms. The maximum absolute atomic E-state index is 11.3. The maximum atomic E-state index is 11.3. The van der Waals surface area contributed by atoms with Gasteiger partial charge < -0.3 is 10.4 Å². The molecular formula is C13H18BrNO2. The average molecular weight is 300 g/mol. The van der Waals surface area contributed by atoms with Crippen molar-refractivity contribution in [2.45, 2.75) is 19.9 Å². The van der Waals surface area contributed by atoms with Gasteiger partial charge in [-0.25, -0.2) is 0 Å². The highest BCUT2D eigenvalue weighted by molar-refractivity contribution is 9.10. The summed E-state index contributed by atoms with van der Waals surface area (Å²) in [4.78, 5) is 11.3. The number of carboxylic acid groups (broad SMARTS) is 1. The molecule has 0 saturated carbocycles. The number of aliphatic carboxylic acids is 1. The lowest BCUT2D eigenvalue weighted by atomic mass is 9.84. The zero-order chi connectivity index (χ0) is 13.0. The van der Waals surface area contributed by atoms with E-state index in [0.29, 0.717) is 0 Å². The van der Waals surface area contributed by atoms with Crippen LogP contribution in [0.1, 0.15) is 25.5 Å². The molecule has 0 aliphatic rings. The van der Waals surface area contributed by atoms with E-state index in [1.165, 1.54) is 0 Å². The highest BCUT2D eigenvalue weighted by Crippen LogP contribution is 2.29. The molecule has 0 radical (unpaired) electrons. The first-order valence-electron chi connectivity index (χ1n) is 5.63. The minimum Gasteiger partial charge on any atom is -0.481 e. The van der Waals surface area contributed by atoms with E-state index < -0.39 is 11.9 Å². The Morgan fingerprint density at radius 3 is 2.47 bits per heavy atom. The molecule has 0 heterocycles. The van der Waals surface area contributed by atoms with Crippen LogP contribution in [0.25, 0.3) is 0 Å². The molecule has 0 aliphatic carbocycles. The van der Waals surface area contributed by atoms with Crippen molar-refractivity contribution in [1.82, 2.24) is 5.32 Å². The Bertz CT molecular complexity index is 393. The molecule has 1 aromatic carbocycles. The van der Waals surface area contributed by atoms with Crippen LogP contribution in [-0.4, -0.2) is 18.1 Å². The monoisotopic (exact) mass is 299 g/mol. The van der Waals surface area contributed by atoms with E-state index in [4.69, 9.17) is 0 Å². The first kappa shape index (κ1) is 14.2. The summed E-state index contributed by atoms with van der Waals surface area (Å²) in [5.74, 6) is -1.13. The molecule has 0 aromatic heterocycles. The van der Waals surface area contributed by atoms with Crippen LogP contribution in [-0.2, 0) is 4.79 Å². The number of rotatable bonds is 5. The van der Waals surface area contributed by atoms with Crippen molar-refractivity contribution in [1.29, 1.82) is 0 Å². The van der Waals surface area contributed by atoms with Gasteiger partial charge in [-0.3, -0.25) is 4.79 Å². The third-order valence-corrected chi connectivity index (χ3v) is 3.37. The number of carboxylic acids is 1. The predicted octanol–water partition coefficient (Wildman–Crippen LogP) is 3.07. The van der Waals surface area contributed by atoms with Crippen LogP contribution in [0, 0.1) is 11.8 Å². The third-order valence-electron chi connectivity index (χ3n) is 2.88. The number of hydrogen-bond acceptors (Lipinski definition) is 2. The number of nitrogens with one attached hydrogen (secondary N) is 1. The van der Waals surface area contributed by atoms with E-state index in [-0.39, 0.29) is 12.0 Å². The molecule has 1 aromatic rings. The number of benzene rings is 1. The molecule has 0 bridgehead atoms. The molecule has 3 nitrogen and oxygen atoms in total. The highest BCUT2D eigenvalue weighted by atomic mass is 79.9. The van der Waals surface area contributed by atoms with Gasteiger partial charge in [-0.15, -0.1) is 0 Å². The standard InChI is InChI=1S/C13H18BrNO2/c1-8(2)11(13(16)17)12(15-3)9-5-4-6-10(14)7-9/h4-8,11-12,15H,1-3H3,(H,16,17). The maximum Gasteiger partial charge on any atom is 0.308 e. The van der Waals surface area contributed by atoms with E-state index in [9.17, 15) is 9.90 Å². The molecule has 0 saturated heterocycles. The van der Waals surface area contributed by atoms with Gasteiger partial charge in [-0.05, 0) is 30.7 Å². The van der Waals surface area contributed by atoms with E-state index in [0.717, 1.165) is 10.0 Å². The SMILES string of the molecule is CNC(c1cccc(Br)c1)C(C(=O)O)C(C)C. The predicted molar refractivity (Wildman–Crippen MR) is 71.9 cm³/mol. The fourth-order valence-electron chi connectivity index (χ4n) is 2.07. The summed E-state index contributed by atoms with van der Waals surface area (Å²) in [5, 5.41) is 12.4. The number of carbonyl (C=O) groups is 1. The molecule has 94 valence electrons. The second kappa shape index (κ2) is 6.17. The van der Waals surface area contributed by atoms with Crippen molar-refractivity contribution in [2.24, 2.45) is 11.8 Å². The summed E-state index contributed by atoms with van der Waals surface area (Å²) < 4.78 is 0.961. The highest BCUT2D eigenvalue weighted by Gasteiger charge is 2.31. The van der Waals surface area contributed by atoms with Crippen LogP contribution < -0.4 is 5.32 Å². The summed E-state index contributed by atoms with van der Waals surface area (Å²) in [7, 11) is 1.80. The minimum absolute atomic E-state index is 0.0731. The van der Waals surface area contributed by atoms with Gasteiger partial charge in [0.05, 0.1) is 5.92 Å². The molecule has 2 atom stereocenters. The van der Waals surface area contributed by atoms with Gasteiger partial charge in [0.15, 0.2) is 0 Å². The van der Waals surface area contributed by atoms with Crippen LogP contribution in [0.15, 0.2) is 28.7 Å². The number of halogens is 1. The van der Waals surface area contributed by atoms with E-state index >= 15 is 0 Å².